The Bertz CT molecular complexity index is 284. The fraction of sp³-hybridized carbons (Fsp3) is 0.455. The molecule has 4 N–H and O–H groups in total. The minimum absolute atomic E-state index is 0.173. The SMILES string of the molecule is CN(C)CC(N)Cc1cccc(N)c1. The van der Waals surface area contributed by atoms with Crippen LogP contribution in [0.5, 0.6) is 0 Å². The van der Waals surface area contributed by atoms with Crippen LogP contribution in [0, 0.1) is 0 Å². The van der Waals surface area contributed by atoms with Gasteiger partial charge >= 0.3 is 0 Å². The van der Waals surface area contributed by atoms with Crippen LogP contribution in [0.2, 0.25) is 0 Å². The smallest absolute Gasteiger partial charge is 0.0316 e. The molecule has 1 rings (SSSR count). The molecule has 0 aliphatic rings. The van der Waals surface area contributed by atoms with Crippen LogP contribution < -0.4 is 11.5 Å². The van der Waals surface area contributed by atoms with Gasteiger partial charge in [-0.25, -0.2) is 0 Å². The third-order valence-corrected chi connectivity index (χ3v) is 2.05. The molecule has 0 aliphatic heterocycles. The second kappa shape index (κ2) is 4.98. The highest BCUT2D eigenvalue weighted by molar-refractivity contribution is 5.40. The van der Waals surface area contributed by atoms with Crippen LogP contribution in [-0.2, 0) is 6.42 Å². The van der Waals surface area contributed by atoms with Crippen molar-refractivity contribution in [2.45, 2.75) is 12.5 Å². The van der Waals surface area contributed by atoms with Gasteiger partial charge in [-0.2, -0.15) is 0 Å². The van der Waals surface area contributed by atoms with Gasteiger partial charge in [0.05, 0.1) is 0 Å². The van der Waals surface area contributed by atoms with Crippen molar-refractivity contribution in [2.75, 3.05) is 26.4 Å². The Labute approximate surface area is 85.7 Å². The summed E-state index contributed by atoms with van der Waals surface area (Å²) in [6.45, 7) is 0.898. The summed E-state index contributed by atoms with van der Waals surface area (Å²) in [6, 6.07) is 8.07. The lowest BCUT2D eigenvalue weighted by Crippen LogP contribution is -2.34. The lowest BCUT2D eigenvalue weighted by atomic mass is 10.1. The number of likely N-dealkylation sites (N-methyl/N-ethyl adjacent to an activating group) is 1. The molecule has 0 amide bonds. The summed E-state index contributed by atoms with van der Waals surface area (Å²) in [5.74, 6) is 0. The average molecular weight is 193 g/mol. The molecule has 0 saturated heterocycles. The molecule has 0 spiro atoms. The fourth-order valence-electron chi connectivity index (χ4n) is 1.56. The summed E-state index contributed by atoms with van der Waals surface area (Å²) in [6.07, 6.45) is 0.878. The lowest BCUT2D eigenvalue weighted by Gasteiger charge is -2.16. The van der Waals surface area contributed by atoms with Gasteiger partial charge in [0.25, 0.3) is 0 Å². The standard InChI is InChI=1S/C11H19N3/c1-14(2)8-11(13)7-9-4-3-5-10(12)6-9/h3-6,11H,7-8,12-13H2,1-2H3. The van der Waals surface area contributed by atoms with Crippen LogP contribution in [0.4, 0.5) is 5.69 Å². The van der Waals surface area contributed by atoms with E-state index in [4.69, 9.17) is 11.5 Å². The van der Waals surface area contributed by atoms with E-state index in [1.54, 1.807) is 0 Å². The van der Waals surface area contributed by atoms with Gasteiger partial charge in [-0.3, -0.25) is 0 Å². The normalized spacial score (nSPS) is 13.1. The van der Waals surface area contributed by atoms with Gasteiger partial charge < -0.3 is 16.4 Å². The zero-order chi connectivity index (χ0) is 10.6. The van der Waals surface area contributed by atoms with Gasteiger partial charge in [-0.05, 0) is 38.2 Å². The maximum atomic E-state index is 5.97. The summed E-state index contributed by atoms with van der Waals surface area (Å²) in [5, 5.41) is 0. The highest BCUT2D eigenvalue weighted by atomic mass is 15.1. The van der Waals surface area contributed by atoms with Crippen molar-refractivity contribution in [3.63, 3.8) is 0 Å². The van der Waals surface area contributed by atoms with Gasteiger partial charge in [-0.1, -0.05) is 12.1 Å². The first-order valence-corrected chi connectivity index (χ1v) is 4.82. The second-order valence-corrected chi connectivity index (χ2v) is 3.97. The van der Waals surface area contributed by atoms with Gasteiger partial charge in [-0.15, -0.1) is 0 Å². The van der Waals surface area contributed by atoms with Crippen LogP contribution in [-0.4, -0.2) is 31.6 Å². The van der Waals surface area contributed by atoms with E-state index in [2.05, 4.69) is 11.0 Å². The summed E-state index contributed by atoms with van der Waals surface area (Å²) in [5.41, 5.74) is 13.7. The molecule has 3 nitrogen and oxygen atoms in total. The van der Waals surface area contributed by atoms with Crippen molar-refractivity contribution in [2.24, 2.45) is 5.73 Å². The molecular formula is C11H19N3. The number of anilines is 1. The van der Waals surface area contributed by atoms with E-state index < -0.39 is 0 Å². The monoisotopic (exact) mass is 193 g/mol. The fourth-order valence-corrected chi connectivity index (χ4v) is 1.56. The second-order valence-electron chi connectivity index (χ2n) is 3.97. The summed E-state index contributed by atoms with van der Waals surface area (Å²) < 4.78 is 0. The number of nitrogens with zero attached hydrogens (tertiary/aromatic N) is 1. The number of hydrogen-bond donors (Lipinski definition) is 2. The zero-order valence-corrected chi connectivity index (χ0v) is 8.90. The van der Waals surface area contributed by atoms with Gasteiger partial charge in [0.15, 0.2) is 0 Å². The van der Waals surface area contributed by atoms with Crippen LogP contribution in [0.25, 0.3) is 0 Å². The van der Waals surface area contributed by atoms with Crippen LogP contribution in [0.1, 0.15) is 5.56 Å². The molecule has 0 aromatic heterocycles. The predicted octanol–water partition coefficient (Wildman–Crippen LogP) is 0.700. The Hall–Kier alpha value is -1.06. The van der Waals surface area contributed by atoms with Crippen molar-refractivity contribution < 1.29 is 0 Å². The zero-order valence-electron chi connectivity index (χ0n) is 8.90. The quantitative estimate of drug-likeness (QED) is 0.692. The van der Waals surface area contributed by atoms with Crippen molar-refractivity contribution in [3.05, 3.63) is 29.8 Å². The summed E-state index contributed by atoms with van der Waals surface area (Å²) >= 11 is 0. The van der Waals surface area contributed by atoms with Crippen molar-refractivity contribution in [3.8, 4) is 0 Å². The van der Waals surface area contributed by atoms with Crippen molar-refractivity contribution >= 4 is 5.69 Å². The Morgan fingerprint density at radius 1 is 1.36 bits per heavy atom. The number of hydrogen-bond acceptors (Lipinski definition) is 3. The average Bonchev–Trinajstić information content (AvgIpc) is 2.01. The van der Waals surface area contributed by atoms with Crippen molar-refractivity contribution in [1.82, 2.24) is 4.90 Å². The number of nitrogen functional groups attached to an aromatic ring is 1. The Balaban J connectivity index is 2.51. The largest absolute Gasteiger partial charge is 0.399 e. The molecule has 1 aromatic carbocycles. The molecule has 0 fully saturated rings. The first kappa shape index (κ1) is 11.0. The van der Waals surface area contributed by atoms with Crippen LogP contribution >= 0.6 is 0 Å². The molecular weight excluding hydrogens is 174 g/mol. The van der Waals surface area contributed by atoms with Crippen LogP contribution in [0.3, 0.4) is 0 Å². The van der Waals surface area contributed by atoms with Gasteiger partial charge in [0.1, 0.15) is 0 Å². The minimum Gasteiger partial charge on any atom is -0.399 e. The first-order valence-electron chi connectivity index (χ1n) is 4.82. The van der Waals surface area contributed by atoms with E-state index in [1.807, 2.05) is 32.3 Å². The molecule has 14 heavy (non-hydrogen) atoms. The third kappa shape index (κ3) is 3.77. The molecule has 78 valence electrons. The third-order valence-electron chi connectivity index (χ3n) is 2.05. The molecule has 0 radical (unpaired) electrons. The van der Waals surface area contributed by atoms with Crippen molar-refractivity contribution in [1.29, 1.82) is 0 Å². The molecule has 3 heteroatoms. The molecule has 1 aromatic rings. The summed E-state index contributed by atoms with van der Waals surface area (Å²) in [4.78, 5) is 2.09. The molecule has 1 atom stereocenters. The first-order chi connectivity index (χ1) is 6.58. The maximum absolute atomic E-state index is 5.97. The van der Waals surface area contributed by atoms with E-state index in [1.165, 1.54) is 5.56 Å². The van der Waals surface area contributed by atoms with E-state index in [0.29, 0.717) is 0 Å². The van der Waals surface area contributed by atoms with Gasteiger partial charge in [0.2, 0.25) is 0 Å². The number of rotatable bonds is 4. The Kier molecular flexibility index (Phi) is 3.92. The molecule has 0 aliphatic carbocycles. The highest BCUT2D eigenvalue weighted by Crippen LogP contribution is 2.08. The molecule has 0 heterocycles. The van der Waals surface area contributed by atoms with E-state index >= 15 is 0 Å². The molecule has 0 saturated carbocycles. The van der Waals surface area contributed by atoms with E-state index in [0.717, 1.165) is 18.7 Å². The van der Waals surface area contributed by atoms with Gasteiger partial charge in [0, 0.05) is 18.3 Å². The number of benzene rings is 1. The minimum atomic E-state index is 0.173. The predicted molar refractivity (Wildman–Crippen MR) is 61.1 cm³/mol. The summed E-state index contributed by atoms with van der Waals surface area (Å²) in [7, 11) is 4.05. The van der Waals surface area contributed by atoms with E-state index in [-0.39, 0.29) is 6.04 Å². The molecule has 0 bridgehead atoms. The Morgan fingerprint density at radius 3 is 2.64 bits per heavy atom. The highest BCUT2D eigenvalue weighted by Gasteiger charge is 2.05. The lowest BCUT2D eigenvalue weighted by molar-refractivity contribution is 0.371. The van der Waals surface area contributed by atoms with E-state index in [9.17, 15) is 0 Å². The maximum Gasteiger partial charge on any atom is 0.0316 e. The number of nitrogens with two attached hydrogens (primary N) is 2. The Morgan fingerprint density at radius 2 is 2.07 bits per heavy atom. The topological polar surface area (TPSA) is 55.3 Å². The molecule has 1 unspecified atom stereocenters. The van der Waals surface area contributed by atoms with Crippen LogP contribution in [0.15, 0.2) is 24.3 Å².